The first kappa shape index (κ1) is 13.4. The van der Waals surface area contributed by atoms with Gasteiger partial charge in [-0.25, -0.2) is 4.79 Å². The molecule has 1 rings (SSSR count). The number of nitrogens with one attached hydrogen (secondary N) is 1. The van der Waals surface area contributed by atoms with Crippen molar-refractivity contribution in [1.29, 1.82) is 0 Å². The zero-order valence-electron chi connectivity index (χ0n) is 9.94. The third kappa shape index (κ3) is 4.08. The van der Waals surface area contributed by atoms with Gasteiger partial charge in [0, 0.05) is 19.7 Å². The average molecular weight is 231 g/mol. The first-order valence-electron chi connectivity index (χ1n) is 5.78. The molecule has 1 heterocycles. The fraction of sp³-hybridized carbons (Fsp3) is 0.909. The van der Waals surface area contributed by atoms with Crippen LogP contribution >= 0.6 is 0 Å². The van der Waals surface area contributed by atoms with Crippen molar-refractivity contribution in [3.8, 4) is 0 Å². The van der Waals surface area contributed by atoms with Crippen molar-refractivity contribution in [2.45, 2.75) is 44.4 Å². The van der Waals surface area contributed by atoms with E-state index in [2.05, 4.69) is 12.2 Å². The molecule has 0 aromatic carbocycles. The Balaban J connectivity index is 2.21. The van der Waals surface area contributed by atoms with Crippen LogP contribution in [0, 0.1) is 0 Å². The lowest BCUT2D eigenvalue weighted by atomic mass is 10.2. The molecule has 0 amide bonds. The summed E-state index contributed by atoms with van der Waals surface area (Å²) in [5.74, 6) is -0.855. The zero-order chi connectivity index (χ0) is 12.0. The fourth-order valence-corrected chi connectivity index (χ4v) is 1.86. The van der Waals surface area contributed by atoms with E-state index in [9.17, 15) is 4.79 Å². The number of hydrogen-bond donors (Lipinski definition) is 2. The van der Waals surface area contributed by atoms with Gasteiger partial charge in [-0.1, -0.05) is 6.92 Å². The third-order valence-corrected chi connectivity index (χ3v) is 2.88. The highest BCUT2D eigenvalue weighted by Crippen LogP contribution is 2.19. The molecule has 0 aromatic heterocycles. The van der Waals surface area contributed by atoms with Crippen molar-refractivity contribution in [3.63, 3.8) is 0 Å². The van der Waals surface area contributed by atoms with Gasteiger partial charge >= 0.3 is 5.97 Å². The van der Waals surface area contributed by atoms with Gasteiger partial charge in [-0.15, -0.1) is 0 Å². The van der Waals surface area contributed by atoms with Crippen LogP contribution in [0.5, 0.6) is 0 Å². The number of rotatable bonds is 7. The quantitative estimate of drug-likeness (QED) is 0.672. The SMILES string of the molecule is CCC(COC)NCC1CCC(C(=O)O)O1. The summed E-state index contributed by atoms with van der Waals surface area (Å²) < 4.78 is 10.5. The predicted molar refractivity (Wildman–Crippen MR) is 59.5 cm³/mol. The molecule has 5 heteroatoms. The van der Waals surface area contributed by atoms with E-state index < -0.39 is 12.1 Å². The third-order valence-electron chi connectivity index (χ3n) is 2.88. The molecule has 1 fully saturated rings. The summed E-state index contributed by atoms with van der Waals surface area (Å²) in [6, 6.07) is 0.317. The first-order chi connectivity index (χ1) is 7.67. The number of ether oxygens (including phenoxy) is 2. The topological polar surface area (TPSA) is 67.8 Å². The highest BCUT2D eigenvalue weighted by Gasteiger charge is 2.30. The lowest BCUT2D eigenvalue weighted by molar-refractivity contribution is -0.149. The van der Waals surface area contributed by atoms with E-state index >= 15 is 0 Å². The van der Waals surface area contributed by atoms with Gasteiger partial charge in [0.15, 0.2) is 6.10 Å². The van der Waals surface area contributed by atoms with Crippen LogP contribution in [-0.2, 0) is 14.3 Å². The van der Waals surface area contributed by atoms with Crippen molar-refractivity contribution in [2.75, 3.05) is 20.3 Å². The predicted octanol–water partition coefficient (Wildman–Crippen LogP) is 0.633. The van der Waals surface area contributed by atoms with Gasteiger partial charge in [-0.05, 0) is 19.3 Å². The highest BCUT2D eigenvalue weighted by molar-refractivity contribution is 5.72. The molecule has 5 nitrogen and oxygen atoms in total. The Morgan fingerprint density at radius 2 is 2.38 bits per heavy atom. The molecule has 0 saturated carbocycles. The number of hydrogen-bond acceptors (Lipinski definition) is 4. The number of carboxylic acids is 1. The Morgan fingerprint density at radius 3 is 2.88 bits per heavy atom. The highest BCUT2D eigenvalue weighted by atomic mass is 16.5. The van der Waals surface area contributed by atoms with Crippen LogP contribution in [0.4, 0.5) is 0 Å². The average Bonchev–Trinajstić information content (AvgIpc) is 2.73. The van der Waals surface area contributed by atoms with E-state index in [0.29, 0.717) is 25.6 Å². The van der Waals surface area contributed by atoms with Crippen molar-refractivity contribution < 1.29 is 19.4 Å². The lowest BCUT2D eigenvalue weighted by Gasteiger charge is -2.18. The molecule has 16 heavy (non-hydrogen) atoms. The van der Waals surface area contributed by atoms with Crippen LogP contribution in [-0.4, -0.2) is 49.6 Å². The van der Waals surface area contributed by atoms with Gasteiger partial charge in [-0.2, -0.15) is 0 Å². The zero-order valence-corrected chi connectivity index (χ0v) is 9.94. The van der Waals surface area contributed by atoms with Crippen LogP contribution < -0.4 is 5.32 Å². The van der Waals surface area contributed by atoms with Gasteiger partial charge in [0.2, 0.25) is 0 Å². The largest absolute Gasteiger partial charge is 0.479 e. The van der Waals surface area contributed by atoms with E-state index in [1.54, 1.807) is 7.11 Å². The summed E-state index contributed by atoms with van der Waals surface area (Å²) >= 11 is 0. The summed E-state index contributed by atoms with van der Waals surface area (Å²) in [5, 5.41) is 12.1. The smallest absolute Gasteiger partial charge is 0.332 e. The van der Waals surface area contributed by atoms with E-state index in [1.807, 2.05) is 0 Å². The Hall–Kier alpha value is -0.650. The maximum absolute atomic E-state index is 10.7. The molecule has 2 N–H and O–H groups in total. The molecule has 3 atom stereocenters. The molecular weight excluding hydrogens is 210 g/mol. The first-order valence-corrected chi connectivity index (χ1v) is 5.78. The molecule has 0 aromatic rings. The molecule has 0 aliphatic carbocycles. The van der Waals surface area contributed by atoms with Crippen molar-refractivity contribution >= 4 is 5.97 Å². The van der Waals surface area contributed by atoms with Crippen molar-refractivity contribution in [3.05, 3.63) is 0 Å². The summed E-state index contributed by atoms with van der Waals surface area (Å²) in [6.07, 6.45) is 1.82. The number of methoxy groups -OCH3 is 1. The van der Waals surface area contributed by atoms with Gasteiger partial charge in [0.05, 0.1) is 12.7 Å². The van der Waals surface area contributed by atoms with Crippen LogP contribution in [0.15, 0.2) is 0 Å². The Labute approximate surface area is 96.1 Å². The number of carboxylic acid groups (broad SMARTS) is 1. The Morgan fingerprint density at radius 1 is 1.62 bits per heavy atom. The number of aliphatic carboxylic acids is 1. The van der Waals surface area contributed by atoms with Gasteiger partial charge in [0.1, 0.15) is 0 Å². The second-order valence-electron chi connectivity index (χ2n) is 4.13. The van der Waals surface area contributed by atoms with Crippen LogP contribution in [0.1, 0.15) is 26.2 Å². The number of carbonyl (C=O) groups is 1. The van der Waals surface area contributed by atoms with E-state index in [4.69, 9.17) is 14.6 Å². The Bertz CT molecular complexity index is 222. The molecule has 1 aliphatic rings. The normalized spacial score (nSPS) is 26.9. The second kappa shape index (κ2) is 6.83. The van der Waals surface area contributed by atoms with Crippen molar-refractivity contribution in [2.24, 2.45) is 0 Å². The van der Waals surface area contributed by atoms with Gasteiger partial charge in [0.25, 0.3) is 0 Å². The summed E-state index contributed by atoms with van der Waals surface area (Å²) in [4.78, 5) is 10.7. The van der Waals surface area contributed by atoms with E-state index in [0.717, 1.165) is 12.8 Å². The van der Waals surface area contributed by atoms with Crippen LogP contribution in [0.25, 0.3) is 0 Å². The summed E-state index contributed by atoms with van der Waals surface area (Å²) in [6.45, 7) is 3.46. The molecule has 94 valence electrons. The van der Waals surface area contributed by atoms with Crippen molar-refractivity contribution in [1.82, 2.24) is 5.32 Å². The molecule has 1 aliphatic heterocycles. The molecule has 0 bridgehead atoms. The molecule has 0 radical (unpaired) electrons. The molecule has 3 unspecified atom stereocenters. The minimum absolute atomic E-state index is 0.0204. The molecule has 1 saturated heterocycles. The lowest BCUT2D eigenvalue weighted by Crippen LogP contribution is -2.38. The summed E-state index contributed by atoms with van der Waals surface area (Å²) in [5.41, 5.74) is 0. The standard InChI is InChI=1S/C11H21NO4/c1-3-8(7-15-2)12-6-9-4-5-10(16-9)11(13)14/h8-10,12H,3-7H2,1-2H3,(H,13,14). The minimum atomic E-state index is -0.855. The maximum atomic E-state index is 10.7. The fourth-order valence-electron chi connectivity index (χ4n) is 1.86. The molecule has 0 spiro atoms. The van der Waals surface area contributed by atoms with Gasteiger partial charge in [-0.3, -0.25) is 0 Å². The van der Waals surface area contributed by atoms with Gasteiger partial charge < -0.3 is 19.9 Å². The van der Waals surface area contributed by atoms with E-state index in [1.165, 1.54) is 0 Å². The monoisotopic (exact) mass is 231 g/mol. The minimum Gasteiger partial charge on any atom is -0.479 e. The van der Waals surface area contributed by atoms with E-state index in [-0.39, 0.29) is 6.10 Å². The van der Waals surface area contributed by atoms with Crippen LogP contribution in [0.3, 0.4) is 0 Å². The summed E-state index contributed by atoms with van der Waals surface area (Å²) in [7, 11) is 1.68. The molecular formula is C11H21NO4. The maximum Gasteiger partial charge on any atom is 0.332 e. The van der Waals surface area contributed by atoms with Crippen LogP contribution in [0.2, 0.25) is 0 Å². The second-order valence-corrected chi connectivity index (χ2v) is 4.13. The Kier molecular flexibility index (Phi) is 5.73.